The Hall–Kier alpha value is -1.37. The average molecular weight is 255 g/mol. The largest absolute Gasteiger partial charge is 0.487 e. The van der Waals surface area contributed by atoms with Gasteiger partial charge in [0.25, 0.3) is 0 Å². The quantitative estimate of drug-likeness (QED) is 0.759. The van der Waals surface area contributed by atoms with Gasteiger partial charge in [0, 0.05) is 0 Å². The number of hydrogen-bond donors (Lipinski definition) is 0. The van der Waals surface area contributed by atoms with Crippen LogP contribution in [-0.2, 0) is 11.7 Å². The van der Waals surface area contributed by atoms with Crippen LogP contribution in [0.4, 0.5) is 22.0 Å². The van der Waals surface area contributed by atoms with Gasteiger partial charge >= 0.3 is 12.1 Å². The Morgan fingerprint density at radius 2 is 1.53 bits per heavy atom. The van der Waals surface area contributed by atoms with Crippen LogP contribution in [0.15, 0.2) is 24.3 Å². The third-order valence-corrected chi connectivity index (χ3v) is 1.92. The second-order valence-electron chi connectivity index (χ2n) is 3.28. The van der Waals surface area contributed by atoms with E-state index in [1.54, 1.807) is 0 Å². The summed E-state index contributed by atoms with van der Waals surface area (Å²) in [6, 6.07) is 4.93. The summed E-state index contributed by atoms with van der Waals surface area (Å²) in [6.07, 6.45) is -5.64. The van der Waals surface area contributed by atoms with E-state index in [2.05, 4.69) is 4.74 Å². The maximum absolute atomic E-state index is 12.5. The second kappa shape index (κ2) is 4.87. The smallest absolute Gasteiger partial charge is 0.456 e. The van der Waals surface area contributed by atoms with E-state index < -0.39 is 25.3 Å². The van der Waals surface area contributed by atoms with Gasteiger partial charge in [-0.15, -0.1) is 0 Å². The number of benzene rings is 1. The lowest BCUT2D eigenvalue weighted by Gasteiger charge is -2.19. The topological polar surface area (TPSA) is 29.1 Å². The number of alkyl halides is 5. The van der Waals surface area contributed by atoms with Crippen molar-refractivity contribution in [3.8, 4) is 5.75 Å². The molecule has 0 fully saturated rings. The first-order valence-corrected chi connectivity index (χ1v) is 4.50. The molecule has 0 saturated heterocycles. The second-order valence-corrected chi connectivity index (χ2v) is 3.28. The summed E-state index contributed by atoms with van der Waals surface area (Å²) in [5.41, 5.74) is 0.389. The lowest BCUT2D eigenvalue weighted by atomic mass is 10.2. The molecule has 0 unspecified atom stereocenters. The van der Waals surface area contributed by atoms with Crippen molar-refractivity contribution in [3.05, 3.63) is 29.8 Å². The lowest BCUT2D eigenvalue weighted by molar-refractivity contribution is -0.290. The van der Waals surface area contributed by atoms with Gasteiger partial charge in [0.05, 0.1) is 0 Å². The molecule has 0 aliphatic carbocycles. The zero-order valence-electron chi connectivity index (χ0n) is 8.43. The van der Waals surface area contributed by atoms with E-state index in [4.69, 9.17) is 0 Å². The molecule has 0 spiro atoms. The predicted octanol–water partition coefficient (Wildman–Crippen LogP) is 3.19. The first-order chi connectivity index (χ1) is 7.76. The van der Waals surface area contributed by atoms with Gasteiger partial charge in [-0.1, -0.05) is 12.1 Å². The number of hydrogen-bond acceptors (Lipinski definition) is 1. The van der Waals surface area contributed by atoms with Crippen molar-refractivity contribution < 1.29 is 31.8 Å². The minimum atomic E-state index is -5.64. The van der Waals surface area contributed by atoms with Gasteiger partial charge in [-0.05, 0) is 17.7 Å². The van der Waals surface area contributed by atoms with Gasteiger partial charge < -0.3 is 4.74 Å². The van der Waals surface area contributed by atoms with E-state index in [1.165, 1.54) is 24.3 Å². The van der Waals surface area contributed by atoms with Crippen molar-refractivity contribution in [2.24, 2.45) is 0 Å². The molecule has 0 aliphatic heterocycles. The molecule has 0 saturated carbocycles. The maximum Gasteiger partial charge on any atom is 0.456 e. The van der Waals surface area contributed by atoms with E-state index in [9.17, 15) is 27.1 Å². The molecule has 7 heteroatoms. The zero-order valence-corrected chi connectivity index (χ0v) is 8.43. The van der Waals surface area contributed by atoms with Crippen LogP contribution in [0.1, 0.15) is 5.56 Å². The number of rotatable bonds is 4. The van der Waals surface area contributed by atoms with Crippen molar-refractivity contribution in [3.63, 3.8) is 0 Å². The molecule has 1 rings (SSSR count). The fourth-order valence-electron chi connectivity index (χ4n) is 0.938. The monoisotopic (exact) mass is 255 g/mol. The van der Waals surface area contributed by atoms with E-state index in [1.807, 2.05) is 0 Å². The standard InChI is InChI=1S/C10H8F5O2/c11-9(12,10(13,14)15)6-17-8-3-1-7(5-16)2-4-8/h1-4H,5-6H2. The highest BCUT2D eigenvalue weighted by Crippen LogP contribution is 2.35. The molecule has 0 bridgehead atoms. The summed E-state index contributed by atoms with van der Waals surface area (Å²) in [5, 5.41) is 10.4. The molecule has 0 heterocycles. The fourth-order valence-corrected chi connectivity index (χ4v) is 0.938. The SMILES string of the molecule is [O]Cc1ccc(OCC(F)(F)C(F)(F)F)cc1. The van der Waals surface area contributed by atoms with Crippen molar-refractivity contribution in [1.29, 1.82) is 0 Å². The Bertz CT molecular complexity index is 358. The van der Waals surface area contributed by atoms with Crippen LogP contribution in [0.2, 0.25) is 0 Å². The molecule has 17 heavy (non-hydrogen) atoms. The van der Waals surface area contributed by atoms with Crippen molar-refractivity contribution in [2.75, 3.05) is 6.61 Å². The van der Waals surface area contributed by atoms with E-state index in [-0.39, 0.29) is 5.75 Å². The Kier molecular flexibility index (Phi) is 3.92. The van der Waals surface area contributed by atoms with Crippen LogP contribution < -0.4 is 4.74 Å². The van der Waals surface area contributed by atoms with E-state index >= 15 is 0 Å². The maximum atomic E-state index is 12.5. The molecule has 1 radical (unpaired) electrons. The summed E-state index contributed by atoms with van der Waals surface area (Å²) in [4.78, 5) is 0. The molecule has 0 amide bonds. The molecule has 0 atom stereocenters. The van der Waals surface area contributed by atoms with Crippen LogP contribution in [0, 0.1) is 0 Å². The van der Waals surface area contributed by atoms with Gasteiger partial charge in [0.2, 0.25) is 0 Å². The predicted molar refractivity (Wildman–Crippen MR) is 47.3 cm³/mol. The van der Waals surface area contributed by atoms with Crippen LogP contribution in [0.25, 0.3) is 0 Å². The Morgan fingerprint density at radius 3 is 1.94 bits per heavy atom. The van der Waals surface area contributed by atoms with Gasteiger partial charge in [-0.25, -0.2) is 5.11 Å². The van der Waals surface area contributed by atoms with Crippen LogP contribution >= 0.6 is 0 Å². The summed E-state index contributed by atoms with van der Waals surface area (Å²) in [6.45, 7) is -2.29. The van der Waals surface area contributed by atoms with Crippen LogP contribution in [-0.4, -0.2) is 18.7 Å². The van der Waals surface area contributed by atoms with Crippen molar-refractivity contribution in [2.45, 2.75) is 18.7 Å². The molecule has 0 N–H and O–H groups in total. The lowest BCUT2D eigenvalue weighted by Crippen LogP contribution is -2.41. The summed E-state index contributed by atoms with van der Waals surface area (Å²) in [5.74, 6) is -5.05. The van der Waals surface area contributed by atoms with Crippen molar-refractivity contribution in [1.82, 2.24) is 0 Å². The van der Waals surface area contributed by atoms with Crippen LogP contribution in [0.3, 0.4) is 0 Å². The summed E-state index contributed by atoms with van der Waals surface area (Å²) in [7, 11) is 0. The van der Waals surface area contributed by atoms with Gasteiger partial charge in [-0.2, -0.15) is 22.0 Å². The Labute approximate surface area is 93.6 Å². The van der Waals surface area contributed by atoms with Gasteiger partial charge in [-0.3, -0.25) is 0 Å². The first kappa shape index (κ1) is 13.7. The molecule has 1 aromatic carbocycles. The fraction of sp³-hybridized carbons (Fsp3) is 0.400. The minimum absolute atomic E-state index is 0.147. The highest BCUT2D eigenvalue weighted by atomic mass is 19.4. The summed E-state index contributed by atoms with van der Waals surface area (Å²) >= 11 is 0. The molecule has 0 aromatic heterocycles. The van der Waals surface area contributed by atoms with E-state index in [0.717, 1.165) is 0 Å². The number of halogens is 5. The van der Waals surface area contributed by atoms with Crippen LogP contribution in [0.5, 0.6) is 5.75 Å². The summed E-state index contributed by atoms with van der Waals surface area (Å²) < 4.78 is 64.6. The minimum Gasteiger partial charge on any atom is -0.487 e. The highest BCUT2D eigenvalue weighted by Gasteiger charge is 2.58. The van der Waals surface area contributed by atoms with Gasteiger partial charge in [0.1, 0.15) is 12.4 Å². The molecule has 2 nitrogen and oxygen atoms in total. The molecular formula is C10H8F5O2. The van der Waals surface area contributed by atoms with Gasteiger partial charge in [0.15, 0.2) is 6.61 Å². The highest BCUT2D eigenvalue weighted by molar-refractivity contribution is 5.26. The third kappa shape index (κ3) is 3.55. The third-order valence-electron chi connectivity index (χ3n) is 1.92. The average Bonchev–Trinajstić information content (AvgIpc) is 2.25. The normalized spacial score (nSPS) is 12.6. The Balaban J connectivity index is 2.61. The van der Waals surface area contributed by atoms with E-state index in [0.29, 0.717) is 5.56 Å². The zero-order chi connectivity index (χ0) is 13.1. The molecular weight excluding hydrogens is 247 g/mol. The molecule has 95 valence electrons. The van der Waals surface area contributed by atoms with Crippen molar-refractivity contribution >= 4 is 0 Å². The molecule has 0 aliphatic rings. The Morgan fingerprint density at radius 1 is 1.00 bits per heavy atom. The molecule has 1 aromatic rings. The number of ether oxygens (including phenoxy) is 1. The first-order valence-electron chi connectivity index (χ1n) is 4.50.